The SMILES string of the molecule is CCC(C)C1NC(=O)OC1=O. The average molecular weight is 157 g/mol. The summed E-state index contributed by atoms with van der Waals surface area (Å²) in [6, 6.07) is -0.438. The number of cyclic esters (lactones) is 2. The van der Waals surface area contributed by atoms with Gasteiger partial charge in [0, 0.05) is 0 Å². The lowest BCUT2D eigenvalue weighted by molar-refractivity contribution is -0.136. The summed E-state index contributed by atoms with van der Waals surface area (Å²) in [7, 11) is 0. The highest BCUT2D eigenvalue weighted by molar-refractivity contribution is 5.95. The molecule has 2 unspecified atom stereocenters. The minimum atomic E-state index is -0.625. The monoisotopic (exact) mass is 157 g/mol. The van der Waals surface area contributed by atoms with Crippen LogP contribution in [0, 0.1) is 5.92 Å². The van der Waals surface area contributed by atoms with Gasteiger partial charge in [0.1, 0.15) is 6.04 Å². The van der Waals surface area contributed by atoms with Crippen molar-refractivity contribution in [2.24, 2.45) is 5.92 Å². The van der Waals surface area contributed by atoms with Gasteiger partial charge in [-0.15, -0.1) is 0 Å². The normalized spacial score (nSPS) is 26.2. The molecular formula is C7H11NO3. The summed E-state index contributed by atoms with van der Waals surface area (Å²) in [6.45, 7) is 3.86. The number of ether oxygens (including phenoxy) is 1. The third kappa shape index (κ3) is 1.50. The summed E-state index contributed by atoms with van der Waals surface area (Å²) in [4.78, 5) is 21.4. The van der Waals surface area contributed by atoms with Gasteiger partial charge in [-0.3, -0.25) is 0 Å². The first-order valence-electron chi connectivity index (χ1n) is 3.67. The molecule has 4 nitrogen and oxygen atoms in total. The van der Waals surface area contributed by atoms with Crippen molar-refractivity contribution < 1.29 is 14.3 Å². The van der Waals surface area contributed by atoms with Gasteiger partial charge < -0.3 is 10.1 Å². The van der Waals surface area contributed by atoms with Crippen LogP contribution in [-0.2, 0) is 9.53 Å². The van der Waals surface area contributed by atoms with E-state index in [9.17, 15) is 9.59 Å². The molecule has 2 atom stereocenters. The van der Waals surface area contributed by atoms with E-state index >= 15 is 0 Å². The lowest BCUT2D eigenvalue weighted by Gasteiger charge is -2.11. The first kappa shape index (κ1) is 8.04. The van der Waals surface area contributed by atoms with Crippen LogP contribution in [0.2, 0.25) is 0 Å². The molecule has 11 heavy (non-hydrogen) atoms. The Morgan fingerprint density at radius 3 is 2.64 bits per heavy atom. The number of amides is 1. The van der Waals surface area contributed by atoms with Crippen molar-refractivity contribution >= 4 is 12.1 Å². The van der Waals surface area contributed by atoms with Gasteiger partial charge in [-0.2, -0.15) is 0 Å². The topological polar surface area (TPSA) is 55.4 Å². The molecule has 1 aliphatic rings. The van der Waals surface area contributed by atoms with Crippen molar-refractivity contribution in [1.29, 1.82) is 0 Å². The summed E-state index contributed by atoms with van der Waals surface area (Å²) in [5.74, 6) is -0.307. The Morgan fingerprint density at radius 1 is 1.64 bits per heavy atom. The van der Waals surface area contributed by atoms with E-state index in [2.05, 4.69) is 10.1 Å². The molecule has 0 radical (unpaired) electrons. The minimum absolute atomic E-state index is 0.147. The molecular weight excluding hydrogens is 146 g/mol. The Labute approximate surface area is 64.9 Å². The number of hydrogen-bond acceptors (Lipinski definition) is 3. The fraction of sp³-hybridized carbons (Fsp3) is 0.714. The molecule has 1 amide bonds. The minimum Gasteiger partial charge on any atom is -0.375 e. The second-order valence-electron chi connectivity index (χ2n) is 2.72. The van der Waals surface area contributed by atoms with E-state index < -0.39 is 18.1 Å². The lowest BCUT2D eigenvalue weighted by Crippen LogP contribution is -2.34. The molecule has 0 aromatic rings. The van der Waals surface area contributed by atoms with Gasteiger partial charge in [0.05, 0.1) is 0 Å². The maximum atomic E-state index is 10.9. The molecule has 1 rings (SSSR count). The summed E-state index contributed by atoms with van der Waals surface area (Å²) in [5, 5.41) is 2.44. The molecule has 1 saturated heterocycles. The van der Waals surface area contributed by atoms with Crippen molar-refractivity contribution in [3.05, 3.63) is 0 Å². The highest BCUT2D eigenvalue weighted by atomic mass is 16.6. The van der Waals surface area contributed by atoms with Crippen molar-refractivity contribution in [3.8, 4) is 0 Å². The fourth-order valence-electron chi connectivity index (χ4n) is 0.980. The fourth-order valence-corrected chi connectivity index (χ4v) is 0.980. The summed E-state index contributed by atoms with van der Waals surface area (Å²) >= 11 is 0. The molecule has 4 heteroatoms. The Hall–Kier alpha value is -1.06. The molecule has 0 bridgehead atoms. The van der Waals surface area contributed by atoms with Gasteiger partial charge in [-0.05, 0) is 5.92 Å². The number of esters is 1. The number of carbonyl (C=O) groups excluding carboxylic acids is 2. The van der Waals surface area contributed by atoms with Crippen molar-refractivity contribution in [3.63, 3.8) is 0 Å². The first-order chi connectivity index (χ1) is 5.15. The standard InChI is InChI=1S/C7H11NO3/c1-3-4(2)5-6(9)11-7(10)8-5/h4-5H,3H2,1-2H3,(H,8,10). The van der Waals surface area contributed by atoms with Gasteiger partial charge in [0.15, 0.2) is 0 Å². The van der Waals surface area contributed by atoms with Gasteiger partial charge in [0.25, 0.3) is 0 Å². The Bertz CT molecular complexity index is 190. The van der Waals surface area contributed by atoms with Crippen LogP contribution in [0.15, 0.2) is 0 Å². The largest absolute Gasteiger partial charge is 0.415 e. The van der Waals surface area contributed by atoms with Crippen molar-refractivity contribution in [2.45, 2.75) is 26.3 Å². The zero-order valence-corrected chi connectivity index (χ0v) is 6.59. The Morgan fingerprint density at radius 2 is 2.27 bits per heavy atom. The molecule has 0 aliphatic carbocycles. The maximum absolute atomic E-state index is 10.9. The van der Waals surface area contributed by atoms with Gasteiger partial charge in [-0.25, -0.2) is 9.59 Å². The molecule has 1 fully saturated rings. The lowest BCUT2D eigenvalue weighted by atomic mass is 10.0. The Balaban J connectivity index is 2.59. The van der Waals surface area contributed by atoms with Crippen LogP contribution in [0.4, 0.5) is 4.79 Å². The maximum Gasteiger partial charge on any atom is 0.415 e. The van der Waals surface area contributed by atoms with Crippen molar-refractivity contribution in [2.75, 3.05) is 0 Å². The zero-order valence-electron chi connectivity index (χ0n) is 6.59. The highest BCUT2D eigenvalue weighted by Crippen LogP contribution is 2.13. The van der Waals surface area contributed by atoms with Crippen LogP contribution in [0.1, 0.15) is 20.3 Å². The van der Waals surface area contributed by atoms with E-state index in [1.54, 1.807) is 0 Å². The smallest absolute Gasteiger partial charge is 0.375 e. The summed E-state index contributed by atoms with van der Waals surface area (Å²) < 4.78 is 4.31. The van der Waals surface area contributed by atoms with Crippen LogP contribution >= 0.6 is 0 Å². The van der Waals surface area contributed by atoms with E-state index in [0.29, 0.717) is 0 Å². The average Bonchev–Trinajstić information content (AvgIpc) is 2.28. The number of rotatable bonds is 2. The van der Waals surface area contributed by atoms with E-state index in [4.69, 9.17) is 0 Å². The first-order valence-corrected chi connectivity index (χ1v) is 3.67. The molecule has 1 aliphatic heterocycles. The van der Waals surface area contributed by atoms with Crippen LogP contribution in [-0.4, -0.2) is 18.1 Å². The molecule has 0 aromatic carbocycles. The molecule has 0 saturated carbocycles. The molecule has 0 aromatic heterocycles. The van der Waals surface area contributed by atoms with E-state index in [1.165, 1.54) is 0 Å². The third-order valence-corrected chi connectivity index (χ3v) is 1.93. The Kier molecular flexibility index (Phi) is 2.12. The second-order valence-corrected chi connectivity index (χ2v) is 2.72. The van der Waals surface area contributed by atoms with E-state index in [-0.39, 0.29) is 5.92 Å². The van der Waals surface area contributed by atoms with Crippen LogP contribution in [0.5, 0.6) is 0 Å². The summed E-state index contributed by atoms with van der Waals surface area (Å²) in [6.07, 6.45) is 0.223. The molecule has 62 valence electrons. The number of alkyl carbamates (subject to hydrolysis) is 1. The van der Waals surface area contributed by atoms with E-state index in [1.807, 2.05) is 13.8 Å². The predicted molar refractivity (Wildman–Crippen MR) is 37.9 cm³/mol. The number of carbonyl (C=O) groups is 2. The molecule has 0 spiro atoms. The third-order valence-electron chi connectivity index (χ3n) is 1.93. The van der Waals surface area contributed by atoms with Gasteiger partial charge >= 0.3 is 12.1 Å². The second kappa shape index (κ2) is 2.90. The van der Waals surface area contributed by atoms with Crippen LogP contribution < -0.4 is 5.32 Å². The van der Waals surface area contributed by atoms with Crippen LogP contribution in [0.25, 0.3) is 0 Å². The van der Waals surface area contributed by atoms with Crippen LogP contribution in [0.3, 0.4) is 0 Å². The van der Waals surface area contributed by atoms with Crippen molar-refractivity contribution in [1.82, 2.24) is 5.32 Å². The molecule has 1 N–H and O–H groups in total. The summed E-state index contributed by atoms with van der Waals surface area (Å²) in [5.41, 5.74) is 0. The molecule has 1 heterocycles. The zero-order chi connectivity index (χ0) is 8.43. The van der Waals surface area contributed by atoms with Gasteiger partial charge in [0.2, 0.25) is 0 Å². The van der Waals surface area contributed by atoms with Gasteiger partial charge in [-0.1, -0.05) is 20.3 Å². The van der Waals surface area contributed by atoms with E-state index in [0.717, 1.165) is 6.42 Å². The number of nitrogens with one attached hydrogen (secondary N) is 1. The quantitative estimate of drug-likeness (QED) is 0.473. The number of hydrogen-bond donors (Lipinski definition) is 1. The predicted octanol–water partition coefficient (Wildman–Crippen LogP) is 0.667. The highest BCUT2D eigenvalue weighted by Gasteiger charge is 2.35.